The molecule has 2 rings (SSSR count). The fourth-order valence-electron chi connectivity index (χ4n) is 2.53. The number of esters is 1. The summed E-state index contributed by atoms with van der Waals surface area (Å²) in [6, 6.07) is 0. The molecule has 3 heteroatoms. The lowest BCUT2D eigenvalue weighted by molar-refractivity contribution is -0.148. The van der Waals surface area contributed by atoms with Crippen molar-refractivity contribution in [3.63, 3.8) is 0 Å². The van der Waals surface area contributed by atoms with E-state index in [1.54, 1.807) is 0 Å². The molecule has 2 aliphatic rings. The molecule has 0 spiro atoms. The Hall–Kier alpha value is -0.0500. The van der Waals surface area contributed by atoms with Gasteiger partial charge in [0, 0.05) is 4.83 Å². The van der Waals surface area contributed by atoms with E-state index in [4.69, 9.17) is 4.74 Å². The molecule has 3 atom stereocenters. The van der Waals surface area contributed by atoms with Crippen molar-refractivity contribution in [1.82, 2.24) is 0 Å². The van der Waals surface area contributed by atoms with Gasteiger partial charge in [-0.05, 0) is 18.8 Å². The average molecular weight is 233 g/mol. The third-order valence-corrected chi connectivity index (χ3v) is 4.77. The van der Waals surface area contributed by atoms with Gasteiger partial charge in [-0.2, -0.15) is 0 Å². The number of hydrogen-bond donors (Lipinski definition) is 0. The molecule has 0 bridgehead atoms. The van der Waals surface area contributed by atoms with Gasteiger partial charge in [-0.15, -0.1) is 0 Å². The maximum Gasteiger partial charge on any atom is 0.313 e. The highest BCUT2D eigenvalue weighted by Gasteiger charge is 2.69. The first kappa shape index (κ1) is 8.54. The van der Waals surface area contributed by atoms with Gasteiger partial charge in [-0.25, -0.2) is 0 Å². The lowest BCUT2D eigenvalue weighted by atomic mass is 9.89. The molecule has 68 valence electrons. The minimum atomic E-state index is -0.132. The van der Waals surface area contributed by atoms with Gasteiger partial charge in [0.05, 0.1) is 12.5 Å². The molecular weight excluding hydrogens is 220 g/mol. The van der Waals surface area contributed by atoms with Crippen molar-refractivity contribution in [3.8, 4) is 0 Å². The minimum absolute atomic E-state index is 0.00549. The highest BCUT2D eigenvalue weighted by Crippen LogP contribution is 2.65. The summed E-state index contributed by atoms with van der Waals surface area (Å²) >= 11 is 3.57. The Morgan fingerprint density at radius 3 is 2.92 bits per heavy atom. The maximum atomic E-state index is 11.5. The lowest BCUT2D eigenvalue weighted by Crippen LogP contribution is -2.23. The summed E-state index contributed by atoms with van der Waals surface area (Å²) in [5, 5.41) is 0. The van der Waals surface area contributed by atoms with Gasteiger partial charge in [0.25, 0.3) is 0 Å². The molecule has 0 heterocycles. The first-order valence-electron chi connectivity index (χ1n) is 4.46. The van der Waals surface area contributed by atoms with Crippen LogP contribution in [0.5, 0.6) is 0 Å². The summed E-state index contributed by atoms with van der Waals surface area (Å²) in [5.74, 6) is 0.549. The van der Waals surface area contributed by atoms with Crippen LogP contribution >= 0.6 is 15.9 Å². The van der Waals surface area contributed by atoms with Gasteiger partial charge in [0.15, 0.2) is 0 Å². The number of fused-ring (bicyclic) bond motifs is 1. The molecule has 2 fully saturated rings. The smallest absolute Gasteiger partial charge is 0.313 e. The molecule has 0 aromatic heterocycles. The fourth-order valence-corrected chi connectivity index (χ4v) is 3.87. The van der Waals surface area contributed by atoms with Crippen molar-refractivity contribution < 1.29 is 9.53 Å². The predicted molar refractivity (Wildman–Crippen MR) is 49.1 cm³/mol. The second-order valence-corrected chi connectivity index (χ2v) is 4.77. The number of carbonyl (C=O) groups excluding carboxylic acids is 1. The van der Waals surface area contributed by atoms with Crippen LogP contribution in [0.25, 0.3) is 0 Å². The quantitative estimate of drug-likeness (QED) is 0.512. The monoisotopic (exact) mass is 232 g/mol. The van der Waals surface area contributed by atoms with Crippen molar-refractivity contribution in [3.05, 3.63) is 0 Å². The molecular formula is C9H13BrO2. The number of methoxy groups -OCH3 is 1. The summed E-state index contributed by atoms with van der Waals surface area (Å²) in [5.41, 5.74) is -0.132. The van der Waals surface area contributed by atoms with Crippen LogP contribution in [0.2, 0.25) is 0 Å². The van der Waals surface area contributed by atoms with E-state index in [0.29, 0.717) is 10.7 Å². The van der Waals surface area contributed by atoms with Gasteiger partial charge in [0.2, 0.25) is 0 Å². The molecule has 0 amide bonds. The first-order chi connectivity index (χ1) is 5.73. The lowest BCUT2D eigenvalue weighted by Gasteiger charge is -2.18. The van der Waals surface area contributed by atoms with Crippen LogP contribution in [0.3, 0.4) is 0 Å². The normalized spacial score (nSPS) is 44.8. The largest absolute Gasteiger partial charge is 0.469 e. The van der Waals surface area contributed by atoms with Crippen LogP contribution in [-0.2, 0) is 9.53 Å². The van der Waals surface area contributed by atoms with Crippen LogP contribution in [0.15, 0.2) is 0 Å². The van der Waals surface area contributed by atoms with Crippen LogP contribution in [0.4, 0.5) is 0 Å². The standard InChI is InChI=1S/C9H13BrO2/c1-12-8(11)9-5-3-2-4-6(9)7(9)10/h6-7H,2-5H2,1H3/t6-,7-,9+/m1/s1. The van der Waals surface area contributed by atoms with Gasteiger partial charge in [-0.1, -0.05) is 28.8 Å². The molecule has 0 radical (unpaired) electrons. The zero-order chi connectivity index (χ0) is 8.77. The molecule has 2 aliphatic carbocycles. The third-order valence-electron chi connectivity index (χ3n) is 3.32. The second kappa shape index (κ2) is 2.72. The van der Waals surface area contributed by atoms with Crippen LogP contribution in [0, 0.1) is 11.3 Å². The molecule has 2 nitrogen and oxygen atoms in total. The molecule has 0 N–H and O–H groups in total. The molecule has 0 saturated heterocycles. The Labute approximate surface area is 80.8 Å². The van der Waals surface area contributed by atoms with E-state index in [2.05, 4.69) is 15.9 Å². The number of carbonyl (C=O) groups is 1. The number of alkyl halides is 1. The molecule has 0 aromatic carbocycles. The highest BCUT2D eigenvalue weighted by molar-refractivity contribution is 9.09. The van der Waals surface area contributed by atoms with E-state index < -0.39 is 0 Å². The summed E-state index contributed by atoms with van der Waals surface area (Å²) in [6.45, 7) is 0. The Morgan fingerprint density at radius 2 is 2.33 bits per heavy atom. The summed E-state index contributed by atoms with van der Waals surface area (Å²) < 4.78 is 4.84. The molecule has 0 aliphatic heterocycles. The minimum Gasteiger partial charge on any atom is -0.469 e. The summed E-state index contributed by atoms with van der Waals surface area (Å²) in [6.07, 6.45) is 4.64. The first-order valence-corrected chi connectivity index (χ1v) is 5.37. The average Bonchev–Trinajstić information content (AvgIpc) is 2.73. The topological polar surface area (TPSA) is 26.3 Å². The molecule has 2 saturated carbocycles. The Balaban J connectivity index is 2.15. The molecule has 12 heavy (non-hydrogen) atoms. The van der Waals surface area contributed by atoms with Crippen molar-refractivity contribution in [2.75, 3.05) is 7.11 Å². The highest BCUT2D eigenvalue weighted by atomic mass is 79.9. The van der Waals surface area contributed by atoms with E-state index in [1.165, 1.54) is 26.4 Å². The summed E-state index contributed by atoms with van der Waals surface area (Å²) in [7, 11) is 1.49. The number of ether oxygens (including phenoxy) is 1. The van der Waals surface area contributed by atoms with Crippen molar-refractivity contribution in [2.24, 2.45) is 11.3 Å². The Morgan fingerprint density at radius 1 is 1.58 bits per heavy atom. The third kappa shape index (κ3) is 0.889. The second-order valence-electron chi connectivity index (χ2n) is 3.79. The van der Waals surface area contributed by atoms with Crippen LogP contribution in [0.1, 0.15) is 25.7 Å². The van der Waals surface area contributed by atoms with Crippen molar-refractivity contribution >= 4 is 21.9 Å². The van der Waals surface area contributed by atoms with Crippen molar-refractivity contribution in [2.45, 2.75) is 30.5 Å². The fraction of sp³-hybridized carbons (Fsp3) is 0.889. The molecule has 0 unspecified atom stereocenters. The van der Waals surface area contributed by atoms with E-state index in [0.717, 1.165) is 6.42 Å². The van der Waals surface area contributed by atoms with Gasteiger partial charge < -0.3 is 4.74 Å². The van der Waals surface area contributed by atoms with E-state index >= 15 is 0 Å². The van der Waals surface area contributed by atoms with Gasteiger partial charge in [0.1, 0.15) is 0 Å². The zero-order valence-corrected chi connectivity index (χ0v) is 8.76. The Bertz CT molecular complexity index is 217. The van der Waals surface area contributed by atoms with E-state index in [9.17, 15) is 4.79 Å². The van der Waals surface area contributed by atoms with E-state index in [1.807, 2.05) is 0 Å². The number of hydrogen-bond acceptors (Lipinski definition) is 2. The number of rotatable bonds is 1. The van der Waals surface area contributed by atoms with Gasteiger partial charge in [-0.3, -0.25) is 4.79 Å². The van der Waals surface area contributed by atoms with Crippen LogP contribution < -0.4 is 0 Å². The SMILES string of the molecule is COC(=O)[C@@]12CCCC[C@@H]1[C@H]2Br. The van der Waals surface area contributed by atoms with E-state index in [-0.39, 0.29) is 11.4 Å². The summed E-state index contributed by atoms with van der Waals surface area (Å²) in [4.78, 5) is 11.9. The van der Waals surface area contributed by atoms with Gasteiger partial charge >= 0.3 is 5.97 Å². The predicted octanol–water partition coefficient (Wildman–Crippen LogP) is 2.11. The Kier molecular flexibility index (Phi) is 1.94. The zero-order valence-electron chi connectivity index (χ0n) is 7.18. The molecule has 0 aromatic rings. The maximum absolute atomic E-state index is 11.5. The van der Waals surface area contributed by atoms with Crippen molar-refractivity contribution in [1.29, 1.82) is 0 Å². The number of halogens is 1. The van der Waals surface area contributed by atoms with Crippen LogP contribution in [-0.4, -0.2) is 17.9 Å².